The van der Waals surface area contributed by atoms with Gasteiger partial charge in [-0.3, -0.25) is 0 Å². The van der Waals surface area contributed by atoms with Crippen molar-refractivity contribution in [3.05, 3.63) is 24.4 Å². The molecule has 7 nitrogen and oxygen atoms in total. The Bertz CT molecular complexity index is 515. The molecule has 1 saturated heterocycles. The summed E-state index contributed by atoms with van der Waals surface area (Å²) < 4.78 is 10.6. The molecule has 7 heteroatoms. The largest absolute Gasteiger partial charge is 0.381 e. The molecule has 2 aromatic heterocycles. The Balaban J connectivity index is 1.85. The molecule has 0 aliphatic carbocycles. The van der Waals surface area contributed by atoms with E-state index < -0.39 is 0 Å². The molecule has 0 amide bonds. The van der Waals surface area contributed by atoms with Gasteiger partial charge in [-0.05, 0) is 12.5 Å². The Labute approximate surface area is 103 Å². The fourth-order valence-electron chi connectivity index (χ4n) is 1.90. The lowest BCUT2D eigenvalue weighted by Gasteiger charge is -2.25. The van der Waals surface area contributed by atoms with Gasteiger partial charge in [0.25, 0.3) is 0 Å². The van der Waals surface area contributed by atoms with E-state index in [0.717, 1.165) is 6.42 Å². The van der Waals surface area contributed by atoms with Gasteiger partial charge in [0.15, 0.2) is 0 Å². The summed E-state index contributed by atoms with van der Waals surface area (Å²) in [5, 5.41) is 3.87. The van der Waals surface area contributed by atoms with Crippen LogP contribution in [0.2, 0.25) is 0 Å². The Kier molecular flexibility index (Phi) is 2.99. The summed E-state index contributed by atoms with van der Waals surface area (Å²) in [6.07, 6.45) is 4.06. The second-order valence-corrected chi connectivity index (χ2v) is 4.16. The van der Waals surface area contributed by atoms with Gasteiger partial charge < -0.3 is 15.0 Å². The Morgan fingerprint density at radius 3 is 2.83 bits per heavy atom. The third kappa shape index (κ3) is 2.09. The molecule has 2 N–H and O–H groups in total. The zero-order chi connectivity index (χ0) is 12.4. The maximum Gasteiger partial charge on any atom is 0.240 e. The van der Waals surface area contributed by atoms with Gasteiger partial charge in [0.1, 0.15) is 0 Å². The number of aromatic nitrogens is 4. The van der Waals surface area contributed by atoms with Crippen molar-refractivity contribution in [2.75, 3.05) is 13.2 Å². The van der Waals surface area contributed by atoms with E-state index in [1.807, 2.05) is 0 Å². The highest BCUT2D eigenvalue weighted by atomic mass is 16.5. The number of rotatable bonds is 2. The lowest BCUT2D eigenvalue weighted by atomic mass is 9.97. The summed E-state index contributed by atoms with van der Waals surface area (Å²) in [5.41, 5.74) is 6.02. The summed E-state index contributed by atoms with van der Waals surface area (Å²) in [4.78, 5) is 12.4. The number of nitrogens with two attached hydrogens (primary N) is 1. The highest BCUT2D eigenvalue weighted by Gasteiger charge is 2.29. The summed E-state index contributed by atoms with van der Waals surface area (Å²) in [5.74, 6) is 1.26. The van der Waals surface area contributed by atoms with Crippen molar-refractivity contribution < 1.29 is 9.26 Å². The van der Waals surface area contributed by atoms with Crippen LogP contribution in [0.5, 0.6) is 0 Å². The van der Waals surface area contributed by atoms with E-state index >= 15 is 0 Å². The molecule has 1 fully saturated rings. The minimum absolute atomic E-state index is 0.0104. The second-order valence-electron chi connectivity index (χ2n) is 4.16. The molecule has 3 rings (SSSR count). The molecule has 94 valence electrons. The van der Waals surface area contributed by atoms with Crippen LogP contribution in [0.15, 0.2) is 23.0 Å². The van der Waals surface area contributed by atoms with Crippen LogP contribution in [0, 0.1) is 0 Å². The average Bonchev–Trinajstić information content (AvgIpc) is 2.90. The van der Waals surface area contributed by atoms with Gasteiger partial charge >= 0.3 is 0 Å². The maximum atomic E-state index is 6.02. The van der Waals surface area contributed by atoms with Crippen LogP contribution in [0.25, 0.3) is 11.6 Å². The van der Waals surface area contributed by atoms with Crippen LogP contribution in [-0.4, -0.2) is 39.4 Å². The van der Waals surface area contributed by atoms with Crippen LogP contribution in [0.1, 0.15) is 18.2 Å². The predicted molar refractivity (Wildman–Crippen MR) is 61.5 cm³/mol. The third-order valence-corrected chi connectivity index (χ3v) is 2.93. The first-order valence-corrected chi connectivity index (χ1v) is 5.79. The summed E-state index contributed by atoms with van der Waals surface area (Å²) >= 11 is 0. The normalized spacial score (nSPS) is 24.1. The number of nitrogens with zero attached hydrogens (tertiary/aromatic N) is 4. The summed E-state index contributed by atoms with van der Waals surface area (Å²) in [6, 6.07) is 1.72. The zero-order valence-corrected chi connectivity index (χ0v) is 9.69. The average molecular weight is 247 g/mol. The van der Waals surface area contributed by atoms with E-state index in [1.54, 1.807) is 18.5 Å². The van der Waals surface area contributed by atoms with Gasteiger partial charge in [0.05, 0.1) is 12.5 Å². The molecule has 0 bridgehead atoms. The lowest BCUT2D eigenvalue weighted by Crippen LogP contribution is -2.37. The van der Waals surface area contributed by atoms with Crippen LogP contribution < -0.4 is 5.73 Å². The third-order valence-electron chi connectivity index (χ3n) is 2.93. The smallest absolute Gasteiger partial charge is 0.240 e. The minimum atomic E-state index is -0.0521. The number of ether oxygens (including phenoxy) is 1. The highest BCUT2D eigenvalue weighted by Crippen LogP contribution is 2.24. The van der Waals surface area contributed by atoms with E-state index in [1.165, 1.54) is 0 Å². The SMILES string of the molecule is NC1CCOCC1c1nc(-c2ncccn2)no1. The van der Waals surface area contributed by atoms with Crippen molar-refractivity contribution in [1.29, 1.82) is 0 Å². The lowest BCUT2D eigenvalue weighted by molar-refractivity contribution is 0.0590. The van der Waals surface area contributed by atoms with Gasteiger partial charge in [-0.2, -0.15) is 4.98 Å². The maximum absolute atomic E-state index is 6.02. The van der Waals surface area contributed by atoms with Gasteiger partial charge in [-0.25, -0.2) is 9.97 Å². The first-order valence-electron chi connectivity index (χ1n) is 5.79. The van der Waals surface area contributed by atoms with Gasteiger partial charge in [0, 0.05) is 25.0 Å². The second kappa shape index (κ2) is 4.79. The number of hydrogen-bond acceptors (Lipinski definition) is 7. The molecule has 0 saturated carbocycles. The summed E-state index contributed by atoms with van der Waals surface area (Å²) in [7, 11) is 0. The standard InChI is InChI=1S/C11H13N5O2/c12-8-2-5-17-6-7(8)11-15-10(16-18-11)9-13-3-1-4-14-9/h1,3-4,7-8H,2,5-6,12H2. The molecule has 0 spiro atoms. The van der Waals surface area contributed by atoms with E-state index in [-0.39, 0.29) is 12.0 Å². The molecule has 18 heavy (non-hydrogen) atoms. The van der Waals surface area contributed by atoms with E-state index in [4.69, 9.17) is 15.0 Å². The monoisotopic (exact) mass is 247 g/mol. The van der Waals surface area contributed by atoms with Gasteiger partial charge in [0.2, 0.25) is 17.5 Å². The van der Waals surface area contributed by atoms with Crippen LogP contribution >= 0.6 is 0 Å². The van der Waals surface area contributed by atoms with E-state index in [0.29, 0.717) is 30.8 Å². The Morgan fingerprint density at radius 2 is 2.06 bits per heavy atom. The van der Waals surface area contributed by atoms with E-state index in [9.17, 15) is 0 Å². The molecule has 2 aromatic rings. The fraction of sp³-hybridized carbons (Fsp3) is 0.455. The van der Waals surface area contributed by atoms with Gasteiger partial charge in [-0.15, -0.1) is 0 Å². The molecule has 0 radical (unpaired) electrons. The highest BCUT2D eigenvalue weighted by molar-refractivity contribution is 5.40. The molecular formula is C11H13N5O2. The Hall–Kier alpha value is -1.86. The minimum Gasteiger partial charge on any atom is -0.381 e. The van der Waals surface area contributed by atoms with Crippen LogP contribution in [0.3, 0.4) is 0 Å². The van der Waals surface area contributed by atoms with Crippen molar-refractivity contribution in [3.63, 3.8) is 0 Å². The topological polar surface area (TPSA) is 100.0 Å². The van der Waals surface area contributed by atoms with Crippen LogP contribution in [-0.2, 0) is 4.74 Å². The van der Waals surface area contributed by atoms with E-state index in [2.05, 4.69) is 20.1 Å². The van der Waals surface area contributed by atoms with Crippen molar-refractivity contribution in [3.8, 4) is 11.6 Å². The fourth-order valence-corrected chi connectivity index (χ4v) is 1.90. The molecule has 3 heterocycles. The van der Waals surface area contributed by atoms with Crippen molar-refractivity contribution in [1.82, 2.24) is 20.1 Å². The quantitative estimate of drug-likeness (QED) is 0.817. The van der Waals surface area contributed by atoms with Gasteiger partial charge in [-0.1, -0.05) is 5.16 Å². The van der Waals surface area contributed by atoms with Crippen molar-refractivity contribution >= 4 is 0 Å². The first-order chi connectivity index (χ1) is 8.84. The molecule has 0 aromatic carbocycles. The van der Waals surface area contributed by atoms with Crippen molar-refractivity contribution in [2.45, 2.75) is 18.4 Å². The van der Waals surface area contributed by atoms with Crippen LogP contribution in [0.4, 0.5) is 0 Å². The molecular weight excluding hydrogens is 234 g/mol. The molecule has 1 aliphatic heterocycles. The molecule has 1 aliphatic rings. The molecule has 2 unspecified atom stereocenters. The predicted octanol–water partition coefficient (Wildman–Crippen LogP) is 0.358. The Morgan fingerprint density at radius 1 is 1.22 bits per heavy atom. The van der Waals surface area contributed by atoms with Crippen molar-refractivity contribution in [2.24, 2.45) is 5.73 Å². The zero-order valence-electron chi connectivity index (χ0n) is 9.69. The summed E-state index contributed by atoms with van der Waals surface area (Å²) in [6.45, 7) is 1.19. The molecule has 2 atom stereocenters. The number of hydrogen-bond donors (Lipinski definition) is 1. The first kappa shape index (κ1) is 11.2.